The molecular formula is C17H13ClF2N4O4S. The molecule has 0 fully saturated rings. The maximum Gasteiger partial charge on any atom is 0.287 e. The molecule has 0 saturated carbocycles. The number of ether oxygens (including phenoxy) is 1. The van der Waals surface area contributed by atoms with Crippen molar-refractivity contribution >= 4 is 27.5 Å². The van der Waals surface area contributed by atoms with Gasteiger partial charge in [0.15, 0.2) is 5.69 Å². The van der Waals surface area contributed by atoms with Crippen molar-refractivity contribution in [3.05, 3.63) is 64.4 Å². The summed E-state index contributed by atoms with van der Waals surface area (Å²) in [5.41, 5.74) is 0.206. The number of aromatic nitrogens is 3. The van der Waals surface area contributed by atoms with Crippen LogP contribution in [0.1, 0.15) is 16.2 Å². The summed E-state index contributed by atoms with van der Waals surface area (Å²) < 4.78 is 59.6. The molecule has 3 rings (SSSR count). The summed E-state index contributed by atoms with van der Waals surface area (Å²) >= 11 is 6.18. The van der Waals surface area contributed by atoms with E-state index in [4.69, 9.17) is 16.3 Å². The van der Waals surface area contributed by atoms with Crippen molar-refractivity contribution in [1.29, 1.82) is 0 Å². The molecule has 0 spiro atoms. The van der Waals surface area contributed by atoms with Gasteiger partial charge in [0.1, 0.15) is 22.3 Å². The molecule has 3 aromatic rings. The Morgan fingerprint density at radius 2 is 1.93 bits per heavy atom. The van der Waals surface area contributed by atoms with E-state index in [1.54, 1.807) is 16.9 Å². The van der Waals surface area contributed by atoms with E-state index in [9.17, 15) is 22.0 Å². The quantitative estimate of drug-likeness (QED) is 0.651. The fourth-order valence-electron chi connectivity index (χ4n) is 2.46. The molecule has 29 heavy (non-hydrogen) atoms. The van der Waals surface area contributed by atoms with Crippen LogP contribution >= 0.6 is 11.6 Å². The molecule has 0 aliphatic rings. The van der Waals surface area contributed by atoms with Gasteiger partial charge in [-0.25, -0.2) is 26.6 Å². The number of carbonyl (C=O) groups is 1. The molecule has 152 valence electrons. The maximum absolute atomic E-state index is 13.8. The Bertz CT molecular complexity index is 1210. The predicted molar refractivity (Wildman–Crippen MR) is 98.7 cm³/mol. The summed E-state index contributed by atoms with van der Waals surface area (Å²) in [6, 6.07) is 6.56. The van der Waals surface area contributed by atoms with Crippen molar-refractivity contribution in [2.45, 2.75) is 11.8 Å². The Kier molecular flexibility index (Phi) is 5.53. The molecule has 1 amide bonds. The topological polar surface area (TPSA) is 103 Å². The fourth-order valence-corrected chi connectivity index (χ4v) is 3.76. The molecule has 0 radical (unpaired) electrons. The van der Waals surface area contributed by atoms with Crippen molar-refractivity contribution in [2.24, 2.45) is 0 Å². The first kappa shape index (κ1) is 20.7. The number of methoxy groups -OCH3 is 1. The number of nitrogens with zero attached hydrogens (tertiary/aromatic N) is 3. The highest BCUT2D eigenvalue weighted by Crippen LogP contribution is 2.26. The maximum atomic E-state index is 13.8. The van der Waals surface area contributed by atoms with E-state index in [0.29, 0.717) is 23.6 Å². The first-order valence-corrected chi connectivity index (χ1v) is 9.78. The van der Waals surface area contributed by atoms with Crippen LogP contribution in [0.25, 0.3) is 5.69 Å². The van der Waals surface area contributed by atoms with Gasteiger partial charge in [0, 0.05) is 6.07 Å². The molecule has 0 saturated heterocycles. The molecule has 0 unspecified atom stereocenters. The van der Waals surface area contributed by atoms with Crippen molar-refractivity contribution < 1.29 is 26.7 Å². The summed E-state index contributed by atoms with van der Waals surface area (Å²) in [7, 11) is -3.22. The Morgan fingerprint density at radius 1 is 1.21 bits per heavy atom. The smallest absolute Gasteiger partial charge is 0.287 e. The van der Waals surface area contributed by atoms with Crippen LogP contribution in [0.3, 0.4) is 0 Å². The van der Waals surface area contributed by atoms with Gasteiger partial charge in [-0.15, -0.1) is 5.10 Å². The third-order valence-corrected chi connectivity index (χ3v) is 5.55. The third-order valence-electron chi connectivity index (χ3n) is 3.90. The predicted octanol–water partition coefficient (Wildman–Crippen LogP) is 2.63. The van der Waals surface area contributed by atoms with E-state index in [1.165, 1.54) is 24.8 Å². The van der Waals surface area contributed by atoms with E-state index in [0.717, 1.165) is 6.07 Å². The van der Waals surface area contributed by atoms with E-state index in [1.807, 2.05) is 0 Å². The molecule has 0 aliphatic heterocycles. The average molecular weight is 443 g/mol. The lowest BCUT2D eigenvalue weighted by Crippen LogP contribution is -2.32. The van der Waals surface area contributed by atoms with E-state index in [-0.39, 0.29) is 16.4 Å². The first-order chi connectivity index (χ1) is 13.6. The van der Waals surface area contributed by atoms with Crippen LogP contribution < -0.4 is 9.46 Å². The van der Waals surface area contributed by atoms with Gasteiger partial charge >= 0.3 is 0 Å². The standard InChI is InChI=1S/C17H13ClF2N4O4S/c1-9-16(21-23-24(9)14-6-4-11(28-2)8-12(14)18)17(25)22-29(26,27)15-7-10(19)3-5-13(15)20/h3-8H,1-2H3,(H,22,25). The van der Waals surface area contributed by atoms with Crippen LogP contribution in [0, 0.1) is 18.6 Å². The number of hydrogen-bond acceptors (Lipinski definition) is 6. The number of amides is 1. The number of sulfonamides is 1. The normalized spacial score (nSPS) is 11.3. The van der Waals surface area contributed by atoms with Gasteiger partial charge in [-0.05, 0) is 37.3 Å². The second kappa shape index (κ2) is 7.76. The zero-order valence-electron chi connectivity index (χ0n) is 15.0. The van der Waals surface area contributed by atoms with Crippen molar-refractivity contribution in [3.63, 3.8) is 0 Å². The van der Waals surface area contributed by atoms with Crippen molar-refractivity contribution in [1.82, 2.24) is 19.7 Å². The van der Waals surface area contributed by atoms with E-state index >= 15 is 0 Å². The van der Waals surface area contributed by atoms with Gasteiger partial charge < -0.3 is 4.74 Å². The molecule has 1 aromatic heterocycles. The van der Waals surface area contributed by atoms with Gasteiger partial charge in [0.2, 0.25) is 0 Å². The van der Waals surface area contributed by atoms with Crippen LogP contribution in [0.4, 0.5) is 8.78 Å². The van der Waals surface area contributed by atoms with Crippen LogP contribution in [0.2, 0.25) is 5.02 Å². The highest BCUT2D eigenvalue weighted by Gasteiger charge is 2.26. The summed E-state index contributed by atoms with van der Waals surface area (Å²) in [6.45, 7) is 1.46. The molecule has 1 heterocycles. The first-order valence-electron chi connectivity index (χ1n) is 7.92. The van der Waals surface area contributed by atoms with Gasteiger partial charge in [0.25, 0.3) is 15.9 Å². The lowest BCUT2D eigenvalue weighted by molar-refractivity contribution is 0.0976. The Balaban J connectivity index is 1.93. The third kappa shape index (κ3) is 4.05. The molecule has 0 aliphatic carbocycles. The molecule has 1 N–H and O–H groups in total. The van der Waals surface area contributed by atoms with E-state index in [2.05, 4.69) is 10.3 Å². The van der Waals surface area contributed by atoms with Gasteiger partial charge in [-0.2, -0.15) is 0 Å². The van der Waals surface area contributed by atoms with Gasteiger partial charge in [0.05, 0.1) is 23.5 Å². The number of rotatable bonds is 5. The molecule has 0 atom stereocenters. The van der Waals surface area contributed by atoms with Crippen molar-refractivity contribution in [3.8, 4) is 11.4 Å². The monoisotopic (exact) mass is 442 g/mol. The summed E-state index contributed by atoms with van der Waals surface area (Å²) in [5.74, 6) is -2.85. The summed E-state index contributed by atoms with van der Waals surface area (Å²) in [5, 5.41) is 7.73. The summed E-state index contributed by atoms with van der Waals surface area (Å²) in [6.07, 6.45) is 0. The van der Waals surface area contributed by atoms with Gasteiger partial charge in [-0.3, -0.25) is 4.79 Å². The minimum atomic E-state index is -4.68. The average Bonchev–Trinajstić information content (AvgIpc) is 3.04. The van der Waals surface area contributed by atoms with Crippen LogP contribution in [0.15, 0.2) is 41.3 Å². The van der Waals surface area contributed by atoms with Crippen LogP contribution in [-0.4, -0.2) is 36.4 Å². The second-order valence-corrected chi connectivity index (χ2v) is 7.82. The number of nitrogens with one attached hydrogen (secondary N) is 1. The van der Waals surface area contributed by atoms with E-state index < -0.39 is 32.5 Å². The summed E-state index contributed by atoms with van der Waals surface area (Å²) in [4.78, 5) is 11.4. The fraction of sp³-hybridized carbons (Fsp3) is 0.118. The number of carbonyl (C=O) groups excluding carboxylic acids is 1. The molecule has 12 heteroatoms. The van der Waals surface area contributed by atoms with Gasteiger partial charge in [-0.1, -0.05) is 16.8 Å². The van der Waals surface area contributed by atoms with Crippen LogP contribution in [0.5, 0.6) is 5.75 Å². The Morgan fingerprint density at radius 3 is 2.59 bits per heavy atom. The largest absolute Gasteiger partial charge is 0.497 e. The second-order valence-electron chi connectivity index (χ2n) is 5.76. The lowest BCUT2D eigenvalue weighted by atomic mass is 10.2. The Labute approximate surface area is 169 Å². The minimum absolute atomic E-state index is 0.171. The zero-order chi connectivity index (χ0) is 21.3. The lowest BCUT2D eigenvalue weighted by Gasteiger charge is -2.09. The molecule has 2 aromatic carbocycles. The highest BCUT2D eigenvalue weighted by atomic mass is 35.5. The molecule has 0 bridgehead atoms. The van der Waals surface area contributed by atoms with Crippen molar-refractivity contribution in [2.75, 3.05) is 7.11 Å². The molecular weight excluding hydrogens is 430 g/mol. The minimum Gasteiger partial charge on any atom is -0.497 e. The SMILES string of the molecule is COc1ccc(-n2nnc(C(=O)NS(=O)(=O)c3cc(F)ccc3F)c2C)c(Cl)c1. The number of benzene rings is 2. The highest BCUT2D eigenvalue weighted by molar-refractivity contribution is 7.90. The number of hydrogen-bond donors (Lipinski definition) is 1. The number of halogens is 3. The molecule has 8 nitrogen and oxygen atoms in total. The zero-order valence-corrected chi connectivity index (χ0v) is 16.6. The van der Waals surface area contributed by atoms with Crippen LogP contribution in [-0.2, 0) is 10.0 Å². The Hall–Kier alpha value is -3.05.